The van der Waals surface area contributed by atoms with Gasteiger partial charge in [-0.05, 0) is 23.8 Å². The van der Waals surface area contributed by atoms with E-state index in [0.29, 0.717) is 11.3 Å². The number of nitrogens with one attached hydrogen (secondary N) is 1. The second-order valence-electron chi connectivity index (χ2n) is 6.59. The first-order chi connectivity index (χ1) is 14.4. The molecule has 150 valence electrons. The number of hydrogen-bond donors (Lipinski definition) is 1. The highest BCUT2D eigenvalue weighted by atomic mass is 32.2. The van der Waals surface area contributed by atoms with Crippen LogP contribution in [0.2, 0.25) is 0 Å². The molecule has 4 rings (SSSR count). The summed E-state index contributed by atoms with van der Waals surface area (Å²) in [6.07, 6.45) is 0.0731. The van der Waals surface area contributed by atoms with Gasteiger partial charge in [-0.15, -0.1) is 0 Å². The van der Waals surface area contributed by atoms with Gasteiger partial charge in [0, 0.05) is 12.5 Å². The van der Waals surface area contributed by atoms with Crippen molar-refractivity contribution in [3.63, 3.8) is 0 Å². The van der Waals surface area contributed by atoms with Crippen LogP contribution in [-0.2, 0) is 25.6 Å². The van der Waals surface area contributed by atoms with Crippen LogP contribution in [-0.4, -0.2) is 33.0 Å². The van der Waals surface area contributed by atoms with Gasteiger partial charge in [0.05, 0.1) is 22.6 Å². The highest BCUT2D eigenvalue weighted by molar-refractivity contribution is 8.26. The number of hydrazine groups is 1. The number of benzene rings is 2. The molecule has 0 radical (unpaired) electrons. The zero-order valence-corrected chi connectivity index (χ0v) is 17.4. The molecule has 30 heavy (non-hydrogen) atoms. The molecule has 9 heteroatoms. The molecule has 0 unspecified atom stereocenters. The number of imide groups is 1. The van der Waals surface area contributed by atoms with Crippen molar-refractivity contribution in [2.75, 3.05) is 4.90 Å². The number of nitrogens with zero attached hydrogens (tertiary/aromatic N) is 2. The first-order valence-corrected chi connectivity index (χ1v) is 10.2. The van der Waals surface area contributed by atoms with E-state index in [9.17, 15) is 19.2 Å². The van der Waals surface area contributed by atoms with E-state index in [1.165, 1.54) is 6.92 Å². The molecule has 2 aromatic rings. The van der Waals surface area contributed by atoms with Crippen LogP contribution in [0.3, 0.4) is 0 Å². The molecule has 0 atom stereocenters. The summed E-state index contributed by atoms with van der Waals surface area (Å²) < 4.78 is 0.107. The zero-order valence-electron chi connectivity index (χ0n) is 15.7. The van der Waals surface area contributed by atoms with E-state index in [1.807, 2.05) is 18.2 Å². The third-order valence-electron chi connectivity index (χ3n) is 4.59. The predicted molar refractivity (Wildman–Crippen MR) is 117 cm³/mol. The number of hydrogen-bond acceptors (Lipinski definition) is 6. The lowest BCUT2D eigenvalue weighted by Gasteiger charge is -2.15. The molecule has 2 aromatic carbocycles. The van der Waals surface area contributed by atoms with Crippen LogP contribution < -0.4 is 10.3 Å². The molecule has 4 amide bonds. The summed E-state index contributed by atoms with van der Waals surface area (Å²) in [6, 6.07) is 15.8. The van der Waals surface area contributed by atoms with Crippen LogP contribution in [0, 0.1) is 0 Å². The summed E-state index contributed by atoms with van der Waals surface area (Å²) in [5.41, 5.74) is 4.31. The summed E-state index contributed by atoms with van der Waals surface area (Å²) in [5.74, 6) is -2.05. The van der Waals surface area contributed by atoms with Gasteiger partial charge in [-0.3, -0.25) is 24.6 Å². The van der Waals surface area contributed by atoms with Crippen LogP contribution in [0.5, 0.6) is 0 Å². The van der Waals surface area contributed by atoms with E-state index >= 15 is 0 Å². The van der Waals surface area contributed by atoms with Crippen LogP contribution >= 0.6 is 24.0 Å². The summed E-state index contributed by atoms with van der Waals surface area (Å²) in [6.45, 7) is 1.28. The minimum atomic E-state index is -0.602. The molecule has 0 bridgehead atoms. The third-order valence-corrected chi connectivity index (χ3v) is 5.96. The Bertz CT molecular complexity index is 1140. The summed E-state index contributed by atoms with van der Waals surface area (Å²) in [5, 5.41) is 0.972. The first kappa shape index (κ1) is 20.0. The maximum Gasteiger partial charge on any atom is 0.286 e. The topological polar surface area (TPSA) is 86.8 Å². The van der Waals surface area contributed by atoms with Crippen LogP contribution in [0.1, 0.15) is 18.1 Å². The minimum Gasteiger partial charge on any atom is -0.274 e. The summed E-state index contributed by atoms with van der Waals surface area (Å²) in [7, 11) is 0. The molecule has 0 spiro atoms. The van der Waals surface area contributed by atoms with Gasteiger partial charge in [-0.1, -0.05) is 60.3 Å². The number of thiocarbonyl (C=S) groups is 1. The van der Waals surface area contributed by atoms with E-state index in [4.69, 9.17) is 12.2 Å². The highest BCUT2D eigenvalue weighted by Gasteiger charge is 2.43. The molecule has 1 fully saturated rings. The predicted octanol–water partition coefficient (Wildman–Crippen LogP) is 2.43. The van der Waals surface area contributed by atoms with Gasteiger partial charge in [-0.2, -0.15) is 5.01 Å². The number of carbonyl (C=O) groups excluding carboxylic acids is 4. The van der Waals surface area contributed by atoms with Crippen LogP contribution in [0.25, 0.3) is 5.57 Å². The lowest BCUT2D eigenvalue weighted by atomic mass is 10.1. The van der Waals surface area contributed by atoms with Crippen LogP contribution in [0.15, 0.2) is 59.5 Å². The fourth-order valence-corrected chi connectivity index (χ4v) is 4.56. The average molecular weight is 438 g/mol. The molecular formula is C21H15N3O4S2. The van der Waals surface area contributed by atoms with Crippen molar-refractivity contribution in [3.8, 4) is 0 Å². The van der Waals surface area contributed by atoms with Crippen molar-refractivity contribution in [2.45, 2.75) is 13.3 Å². The van der Waals surface area contributed by atoms with Crippen molar-refractivity contribution in [1.82, 2.24) is 10.4 Å². The van der Waals surface area contributed by atoms with E-state index in [1.54, 1.807) is 36.4 Å². The van der Waals surface area contributed by atoms with Gasteiger partial charge in [0.25, 0.3) is 11.8 Å². The standard InChI is InChI=1S/C21H15N3O4S2/c1-12(25)23-15-10-6-5-9-14(15)17(19(23)27)18-20(28)24(21(29)30-18)22-16(26)11-13-7-3-2-4-8-13/h2-10H,11H2,1H3,(H,22,26). The molecule has 0 aromatic heterocycles. The van der Waals surface area contributed by atoms with Crippen molar-refractivity contribution in [3.05, 3.63) is 70.6 Å². The van der Waals surface area contributed by atoms with E-state index in [-0.39, 0.29) is 21.2 Å². The van der Waals surface area contributed by atoms with Crippen molar-refractivity contribution < 1.29 is 19.2 Å². The molecule has 2 aliphatic heterocycles. The normalized spacial score (nSPS) is 18.1. The summed E-state index contributed by atoms with van der Waals surface area (Å²) >= 11 is 6.18. The quantitative estimate of drug-likeness (QED) is 0.586. The van der Waals surface area contributed by atoms with E-state index in [2.05, 4.69) is 5.43 Å². The Kier molecular flexibility index (Phi) is 5.23. The van der Waals surface area contributed by atoms with E-state index < -0.39 is 23.6 Å². The monoisotopic (exact) mass is 437 g/mol. The molecule has 1 N–H and O–H groups in total. The van der Waals surface area contributed by atoms with Gasteiger partial charge in [-0.25, -0.2) is 4.90 Å². The zero-order chi connectivity index (χ0) is 21.4. The van der Waals surface area contributed by atoms with E-state index in [0.717, 1.165) is 27.2 Å². The van der Waals surface area contributed by atoms with Crippen molar-refractivity contribution in [1.29, 1.82) is 0 Å². The number of carbonyl (C=O) groups is 4. The lowest BCUT2D eigenvalue weighted by molar-refractivity contribution is -0.132. The largest absolute Gasteiger partial charge is 0.286 e. The number of thioether (sulfide) groups is 1. The minimum absolute atomic E-state index is 0.0731. The number of amides is 4. The fourth-order valence-electron chi connectivity index (χ4n) is 3.31. The van der Waals surface area contributed by atoms with Gasteiger partial charge >= 0.3 is 0 Å². The maximum atomic E-state index is 13.0. The number of fused-ring (bicyclic) bond motifs is 1. The second-order valence-corrected chi connectivity index (χ2v) is 8.23. The Morgan fingerprint density at radius 3 is 2.37 bits per heavy atom. The molecule has 0 aliphatic carbocycles. The van der Waals surface area contributed by atoms with Gasteiger partial charge in [0.1, 0.15) is 0 Å². The maximum absolute atomic E-state index is 13.0. The molecule has 7 nitrogen and oxygen atoms in total. The average Bonchev–Trinajstić information content (AvgIpc) is 3.16. The highest BCUT2D eigenvalue weighted by Crippen LogP contribution is 2.44. The Labute approximate surface area is 181 Å². The lowest BCUT2D eigenvalue weighted by Crippen LogP contribution is -2.45. The van der Waals surface area contributed by atoms with Crippen LogP contribution in [0.4, 0.5) is 5.69 Å². The second kappa shape index (κ2) is 7.85. The smallest absolute Gasteiger partial charge is 0.274 e. The SMILES string of the molecule is CC(=O)N1C(=O)C(=C2SC(=S)N(NC(=O)Cc3ccccc3)C2=O)c2ccccc21. The van der Waals surface area contributed by atoms with Gasteiger partial charge in [0.15, 0.2) is 4.32 Å². The fraction of sp³-hybridized carbons (Fsp3) is 0.0952. The van der Waals surface area contributed by atoms with Crippen molar-refractivity contribution >= 4 is 63.2 Å². The Balaban J connectivity index is 1.64. The Hall–Kier alpha value is -3.30. The molecule has 2 heterocycles. The number of anilines is 1. The first-order valence-electron chi connectivity index (χ1n) is 8.97. The molecule has 1 saturated heterocycles. The molecular weight excluding hydrogens is 422 g/mol. The number of rotatable bonds is 3. The molecule has 0 saturated carbocycles. The van der Waals surface area contributed by atoms with Gasteiger partial charge < -0.3 is 0 Å². The molecule has 2 aliphatic rings. The number of para-hydroxylation sites is 1. The Morgan fingerprint density at radius 2 is 1.67 bits per heavy atom. The Morgan fingerprint density at radius 1 is 1.00 bits per heavy atom. The van der Waals surface area contributed by atoms with Gasteiger partial charge in [0.2, 0.25) is 11.8 Å². The summed E-state index contributed by atoms with van der Waals surface area (Å²) in [4.78, 5) is 51.5. The third kappa shape index (κ3) is 3.42. The van der Waals surface area contributed by atoms with Crippen molar-refractivity contribution in [2.24, 2.45) is 0 Å².